The van der Waals surface area contributed by atoms with E-state index in [0.717, 1.165) is 50.7 Å². The Bertz CT molecular complexity index is 562. The number of nitrogens with one attached hydrogen (secondary N) is 2. The van der Waals surface area contributed by atoms with Gasteiger partial charge >= 0.3 is 0 Å². The number of guanidine groups is 1. The van der Waals surface area contributed by atoms with Gasteiger partial charge in [0.15, 0.2) is 5.96 Å². The van der Waals surface area contributed by atoms with E-state index in [0.29, 0.717) is 12.0 Å². The standard InChI is InChI=1S/C18H31N5S.HI/c1-13(2)11-23-8-6-15(7-9-23)22-18(19-5)20-10-16-12-24-17(21-16)14(3)4;/h12,14-15H,1,6-11H2,2-5H3,(H2,19,20,22);1H. The molecule has 1 aromatic rings. The van der Waals surface area contributed by atoms with Crippen LogP contribution in [-0.2, 0) is 6.54 Å². The highest BCUT2D eigenvalue weighted by atomic mass is 127. The number of piperidine rings is 1. The lowest BCUT2D eigenvalue weighted by molar-refractivity contribution is 0.221. The third-order valence-corrected chi connectivity index (χ3v) is 5.34. The Morgan fingerprint density at radius 2 is 2.12 bits per heavy atom. The maximum absolute atomic E-state index is 4.66. The molecule has 2 heterocycles. The Labute approximate surface area is 173 Å². The summed E-state index contributed by atoms with van der Waals surface area (Å²) >= 11 is 1.73. The van der Waals surface area contributed by atoms with E-state index in [1.165, 1.54) is 10.6 Å². The van der Waals surface area contributed by atoms with Gasteiger partial charge in [0.1, 0.15) is 0 Å². The van der Waals surface area contributed by atoms with Crippen molar-refractivity contribution >= 4 is 41.3 Å². The molecule has 1 fully saturated rings. The lowest BCUT2D eigenvalue weighted by Gasteiger charge is -2.33. The quantitative estimate of drug-likeness (QED) is 0.285. The Hall–Kier alpha value is -0.670. The van der Waals surface area contributed by atoms with Crippen LogP contribution < -0.4 is 10.6 Å². The second kappa shape index (κ2) is 11.1. The van der Waals surface area contributed by atoms with E-state index in [1.807, 2.05) is 7.05 Å². The number of aliphatic imine (C=N–C) groups is 1. The van der Waals surface area contributed by atoms with Gasteiger partial charge in [-0.15, -0.1) is 35.3 Å². The Morgan fingerprint density at radius 3 is 2.64 bits per heavy atom. The van der Waals surface area contributed by atoms with E-state index in [-0.39, 0.29) is 24.0 Å². The van der Waals surface area contributed by atoms with Crippen molar-refractivity contribution in [3.63, 3.8) is 0 Å². The summed E-state index contributed by atoms with van der Waals surface area (Å²) in [5.74, 6) is 1.36. The molecule has 1 aliphatic heterocycles. The van der Waals surface area contributed by atoms with Crippen molar-refractivity contribution in [3.05, 3.63) is 28.2 Å². The first-order valence-electron chi connectivity index (χ1n) is 8.76. The lowest BCUT2D eigenvalue weighted by atomic mass is 10.0. The van der Waals surface area contributed by atoms with Gasteiger partial charge < -0.3 is 10.6 Å². The predicted molar refractivity (Wildman–Crippen MR) is 119 cm³/mol. The summed E-state index contributed by atoms with van der Waals surface area (Å²) in [6.45, 7) is 14.4. The first-order chi connectivity index (χ1) is 11.5. The van der Waals surface area contributed by atoms with E-state index in [2.05, 4.69) is 58.2 Å². The zero-order chi connectivity index (χ0) is 17.5. The molecule has 1 aromatic heterocycles. The Balaban J connectivity index is 0.00000312. The van der Waals surface area contributed by atoms with Crippen molar-refractivity contribution in [2.24, 2.45) is 4.99 Å². The van der Waals surface area contributed by atoms with Crippen molar-refractivity contribution in [2.75, 3.05) is 26.7 Å². The summed E-state index contributed by atoms with van der Waals surface area (Å²) in [6.07, 6.45) is 2.28. The van der Waals surface area contributed by atoms with E-state index in [4.69, 9.17) is 0 Å². The minimum atomic E-state index is 0. The third kappa shape index (κ3) is 7.62. The van der Waals surface area contributed by atoms with Gasteiger partial charge in [0, 0.05) is 44.0 Å². The van der Waals surface area contributed by atoms with Crippen LogP contribution in [0.25, 0.3) is 0 Å². The monoisotopic (exact) mass is 477 g/mol. The molecule has 7 heteroatoms. The van der Waals surface area contributed by atoms with Gasteiger partial charge in [0.05, 0.1) is 17.2 Å². The summed E-state index contributed by atoms with van der Waals surface area (Å²) in [6, 6.07) is 0.485. The molecule has 2 N–H and O–H groups in total. The molecular formula is C18H32IN5S. The van der Waals surface area contributed by atoms with Crippen molar-refractivity contribution < 1.29 is 0 Å². The topological polar surface area (TPSA) is 52.5 Å². The van der Waals surface area contributed by atoms with Crippen molar-refractivity contribution in [1.29, 1.82) is 0 Å². The number of likely N-dealkylation sites (tertiary alicyclic amines) is 1. The van der Waals surface area contributed by atoms with E-state index >= 15 is 0 Å². The van der Waals surface area contributed by atoms with Gasteiger partial charge in [0.2, 0.25) is 0 Å². The fourth-order valence-corrected chi connectivity index (χ4v) is 3.68. The fourth-order valence-electron chi connectivity index (χ4n) is 2.85. The van der Waals surface area contributed by atoms with Crippen LogP contribution in [0.1, 0.15) is 50.2 Å². The van der Waals surface area contributed by atoms with Crippen LogP contribution in [0, 0.1) is 0 Å². The highest BCUT2D eigenvalue weighted by Crippen LogP contribution is 2.19. The maximum atomic E-state index is 4.66. The molecule has 5 nitrogen and oxygen atoms in total. The highest BCUT2D eigenvalue weighted by molar-refractivity contribution is 14.0. The molecule has 0 bridgehead atoms. The van der Waals surface area contributed by atoms with Gasteiger partial charge in [-0.2, -0.15) is 0 Å². The molecule has 0 radical (unpaired) electrons. The molecule has 0 aliphatic carbocycles. The van der Waals surface area contributed by atoms with Gasteiger partial charge in [-0.25, -0.2) is 4.98 Å². The minimum Gasteiger partial charge on any atom is -0.354 e. The highest BCUT2D eigenvalue weighted by Gasteiger charge is 2.19. The number of hydrogen-bond acceptors (Lipinski definition) is 4. The van der Waals surface area contributed by atoms with Crippen molar-refractivity contribution in [1.82, 2.24) is 20.5 Å². The number of hydrogen-bond donors (Lipinski definition) is 2. The van der Waals surface area contributed by atoms with Crippen LogP contribution in [0.15, 0.2) is 22.5 Å². The van der Waals surface area contributed by atoms with Crippen molar-refractivity contribution in [3.8, 4) is 0 Å². The second-order valence-electron chi connectivity index (χ2n) is 6.91. The number of aromatic nitrogens is 1. The average Bonchev–Trinajstić information content (AvgIpc) is 3.02. The molecule has 0 atom stereocenters. The number of nitrogens with zero attached hydrogens (tertiary/aromatic N) is 3. The summed E-state index contributed by atoms with van der Waals surface area (Å²) in [4.78, 5) is 11.5. The van der Waals surface area contributed by atoms with Crippen LogP contribution in [0.4, 0.5) is 0 Å². The van der Waals surface area contributed by atoms with E-state index < -0.39 is 0 Å². The van der Waals surface area contributed by atoms with Crippen LogP contribution >= 0.6 is 35.3 Å². The molecule has 1 aliphatic rings. The molecule has 0 aromatic carbocycles. The van der Waals surface area contributed by atoms with Crippen LogP contribution in [-0.4, -0.2) is 48.6 Å². The maximum Gasteiger partial charge on any atom is 0.191 e. The number of halogens is 1. The molecule has 0 spiro atoms. The fraction of sp³-hybridized carbons (Fsp3) is 0.667. The Kier molecular flexibility index (Phi) is 9.96. The minimum absolute atomic E-state index is 0. The zero-order valence-electron chi connectivity index (χ0n) is 15.8. The molecule has 0 unspecified atom stereocenters. The summed E-state index contributed by atoms with van der Waals surface area (Å²) in [7, 11) is 1.83. The predicted octanol–water partition coefficient (Wildman–Crippen LogP) is 3.59. The molecule has 25 heavy (non-hydrogen) atoms. The van der Waals surface area contributed by atoms with Gasteiger partial charge in [-0.1, -0.05) is 26.0 Å². The largest absolute Gasteiger partial charge is 0.354 e. The molecule has 0 saturated carbocycles. The lowest BCUT2D eigenvalue weighted by Crippen LogP contribution is -2.48. The Morgan fingerprint density at radius 1 is 1.44 bits per heavy atom. The average molecular weight is 477 g/mol. The number of thiazole rings is 1. The smallest absolute Gasteiger partial charge is 0.191 e. The molecular weight excluding hydrogens is 445 g/mol. The van der Waals surface area contributed by atoms with Crippen molar-refractivity contribution in [2.45, 2.75) is 52.1 Å². The molecule has 0 amide bonds. The zero-order valence-corrected chi connectivity index (χ0v) is 19.0. The summed E-state index contributed by atoms with van der Waals surface area (Å²) in [5.41, 5.74) is 2.32. The van der Waals surface area contributed by atoms with E-state index in [9.17, 15) is 0 Å². The van der Waals surface area contributed by atoms with Crippen LogP contribution in [0.2, 0.25) is 0 Å². The van der Waals surface area contributed by atoms with Gasteiger partial charge in [-0.05, 0) is 19.8 Å². The SMILES string of the molecule is C=C(C)CN1CCC(NC(=NC)NCc2csc(C(C)C)n2)CC1.I. The van der Waals surface area contributed by atoms with Crippen LogP contribution in [0.3, 0.4) is 0 Å². The normalized spacial score (nSPS) is 16.6. The third-order valence-electron chi connectivity index (χ3n) is 4.15. The van der Waals surface area contributed by atoms with Gasteiger partial charge in [0.25, 0.3) is 0 Å². The molecule has 142 valence electrons. The van der Waals surface area contributed by atoms with Crippen LogP contribution in [0.5, 0.6) is 0 Å². The molecule has 2 rings (SSSR count). The summed E-state index contributed by atoms with van der Waals surface area (Å²) < 4.78 is 0. The summed E-state index contributed by atoms with van der Waals surface area (Å²) in [5, 5.41) is 10.3. The first-order valence-corrected chi connectivity index (χ1v) is 9.64. The van der Waals surface area contributed by atoms with E-state index in [1.54, 1.807) is 11.3 Å². The second-order valence-corrected chi connectivity index (χ2v) is 7.80. The first kappa shape index (κ1) is 22.4. The number of rotatable bonds is 6. The molecule has 1 saturated heterocycles. The van der Waals surface area contributed by atoms with Gasteiger partial charge in [-0.3, -0.25) is 9.89 Å².